The van der Waals surface area contributed by atoms with Crippen LogP contribution in [0, 0.1) is 12.7 Å². The van der Waals surface area contributed by atoms with E-state index in [4.69, 9.17) is 4.74 Å². The van der Waals surface area contributed by atoms with Gasteiger partial charge in [-0.3, -0.25) is 4.79 Å². The Balaban J connectivity index is 2.61. The molecule has 2 aromatic rings. The smallest absolute Gasteiger partial charge is 0.419 e. The van der Waals surface area contributed by atoms with Crippen LogP contribution >= 0.6 is 0 Å². The Morgan fingerprint density at radius 1 is 1.03 bits per heavy atom. The number of esters is 2. The van der Waals surface area contributed by atoms with E-state index in [2.05, 4.69) is 4.74 Å². The lowest BCUT2D eigenvalue weighted by Gasteiger charge is -2.12. The molecule has 10 heteroatoms. The second kappa shape index (κ2) is 9.10. The molecule has 0 aliphatic carbocycles. The molecule has 1 heterocycles. The molecule has 162 valence electrons. The van der Waals surface area contributed by atoms with Crippen LogP contribution in [0.2, 0.25) is 0 Å². The molecule has 0 amide bonds. The minimum Gasteiger partial charge on any atom is -0.462 e. The number of ketones is 1. The van der Waals surface area contributed by atoms with Gasteiger partial charge in [-0.15, -0.1) is 0 Å². The number of ether oxygens (including phenoxy) is 2. The van der Waals surface area contributed by atoms with E-state index in [1.54, 1.807) is 0 Å². The number of aryl methyl sites for hydroxylation is 1. The van der Waals surface area contributed by atoms with Gasteiger partial charge in [-0.25, -0.2) is 14.0 Å². The first-order chi connectivity index (χ1) is 14.0. The van der Waals surface area contributed by atoms with Gasteiger partial charge in [0.1, 0.15) is 17.1 Å². The van der Waals surface area contributed by atoms with Gasteiger partial charge < -0.3 is 14.0 Å². The van der Waals surface area contributed by atoms with Gasteiger partial charge in [0.25, 0.3) is 0 Å². The van der Waals surface area contributed by atoms with Crippen LogP contribution in [0.3, 0.4) is 0 Å². The van der Waals surface area contributed by atoms with Crippen molar-refractivity contribution in [3.63, 3.8) is 0 Å². The number of nitrogens with zero attached hydrogens (tertiary/aromatic N) is 1. The standard InChI is InChI=1S/C20H19F4NO5/c1-4-29-18(27)13-9-25(10-15(26)12-7-6-11(3)14(21)8-12)17(19(28)30-5-2)16(13)20(22,23)24/h6-9H,4-5,10H2,1-3H3. The van der Waals surface area contributed by atoms with Crippen molar-refractivity contribution in [3.05, 3.63) is 58.2 Å². The summed E-state index contributed by atoms with van der Waals surface area (Å²) in [5.74, 6) is -4.09. The van der Waals surface area contributed by atoms with E-state index in [1.807, 2.05) is 0 Å². The monoisotopic (exact) mass is 429 g/mol. The number of carbonyl (C=O) groups is 3. The van der Waals surface area contributed by atoms with Crippen molar-refractivity contribution in [1.29, 1.82) is 0 Å². The Labute approximate surface area is 169 Å². The van der Waals surface area contributed by atoms with E-state index >= 15 is 0 Å². The maximum absolute atomic E-state index is 13.8. The fourth-order valence-corrected chi connectivity index (χ4v) is 2.76. The Hall–Kier alpha value is -3.17. The summed E-state index contributed by atoms with van der Waals surface area (Å²) in [7, 11) is 0. The van der Waals surface area contributed by atoms with Gasteiger partial charge in [-0.1, -0.05) is 12.1 Å². The molecule has 6 nitrogen and oxygen atoms in total. The topological polar surface area (TPSA) is 74.6 Å². The second-order valence-electron chi connectivity index (χ2n) is 6.22. The molecule has 0 spiro atoms. The zero-order chi connectivity index (χ0) is 22.6. The highest BCUT2D eigenvalue weighted by molar-refractivity contribution is 6.00. The fourth-order valence-electron chi connectivity index (χ4n) is 2.76. The highest BCUT2D eigenvalue weighted by Crippen LogP contribution is 2.37. The first kappa shape index (κ1) is 23.1. The molecule has 0 saturated carbocycles. The number of Topliss-reactive ketones (excluding diaryl/α,β-unsaturated/α-hetero) is 1. The Bertz CT molecular complexity index is 978. The maximum Gasteiger partial charge on any atom is 0.419 e. The van der Waals surface area contributed by atoms with Crippen molar-refractivity contribution >= 4 is 17.7 Å². The third-order valence-electron chi connectivity index (χ3n) is 4.13. The highest BCUT2D eigenvalue weighted by atomic mass is 19.4. The van der Waals surface area contributed by atoms with Crippen LogP contribution < -0.4 is 0 Å². The molecule has 0 fully saturated rings. The third kappa shape index (κ3) is 4.87. The van der Waals surface area contributed by atoms with Crippen molar-refractivity contribution in [2.75, 3.05) is 13.2 Å². The van der Waals surface area contributed by atoms with E-state index in [0.717, 1.165) is 12.3 Å². The average molecular weight is 429 g/mol. The number of halogens is 4. The van der Waals surface area contributed by atoms with Crippen molar-refractivity contribution < 1.29 is 41.4 Å². The van der Waals surface area contributed by atoms with Gasteiger partial charge in [0.2, 0.25) is 0 Å². The lowest BCUT2D eigenvalue weighted by atomic mass is 10.1. The van der Waals surface area contributed by atoms with Crippen molar-refractivity contribution in [2.24, 2.45) is 0 Å². The van der Waals surface area contributed by atoms with Crippen LogP contribution in [0.1, 0.15) is 56.2 Å². The Morgan fingerprint density at radius 2 is 1.63 bits per heavy atom. The summed E-state index contributed by atoms with van der Waals surface area (Å²) < 4.78 is 64.9. The van der Waals surface area contributed by atoms with E-state index in [9.17, 15) is 31.9 Å². The summed E-state index contributed by atoms with van der Waals surface area (Å²) in [5.41, 5.74) is -3.30. The molecule has 0 radical (unpaired) electrons. The normalized spacial score (nSPS) is 11.3. The van der Waals surface area contributed by atoms with Gasteiger partial charge in [-0.2, -0.15) is 13.2 Å². The first-order valence-electron chi connectivity index (χ1n) is 8.95. The zero-order valence-electron chi connectivity index (χ0n) is 16.4. The van der Waals surface area contributed by atoms with E-state index in [-0.39, 0.29) is 24.3 Å². The van der Waals surface area contributed by atoms with Gasteiger partial charge in [0, 0.05) is 11.8 Å². The van der Waals surface area contributed by atoms with Crippen LogP contribution in [0.15, 0.2) is 24.4 Å². The number of alkyl halides is 3. The predicted molar refractivity (Wildman–Crippen MR) is 96.8 cm³/mol. The predicted octanol–water partition coefficient (Wildman–Crippen LogP) is 4.19. The van der Waals surface area contributed by atoms with Crippen molar-refractivity contribution in [1.82, 2.24) is 4.57 Å². The highest BCUT2D eigenvalue weighted by Gasteiger charge is 2.44. The van der Waals surface area contributed by atoms with Crippen LogP contribution in [-0.4, -0.2) is 35.5 Å². The molecule has 1 aromatic heterocycles. The second-order valence-corrected chi connectivity index (χ2v) is 6.22. The summed E-state index contributed by atoms with van der Waals surface area (Å²) in [6, 6.07) is 3.60. The molecular formula is C20H19F4NO5. The number of rotatable bonds is 7. The van der Waals surface area contributed by atoms with Gasteiger partial charge in [-0.05, 0) is 32.4 Å². The molecule has 1 aromatic carbocycles. The number of benzene rings is 1. The lowest BCUT2D eigenvalue weighted by Crippen LogP contribution is -2.21. The van der Waals surface area contributed by atoms with E-state index in [0.29, 0.717) is 4.57 Å². The van der Waals surface area contributed by atoms with Crippen molar-refractivity contribution in [2.45, 2.75) is 33.5 Å². The summed E-state index contributed by atoms with van der Waals surface area (Å²) >= 11 is 0. The summed E-state index contributed by atoms with van der Waals surface area (Å²) in [5, 5.41) is 0. The maximum atomic E-state index is 13.8. The van der Waals surface area contributed by atoms with Gasteiger partial charge in [0.15, 0.2) is 5.78 Å². The Morgan fingerprint density at radius 3 is 2.17 bits per heavy atom. The summed E-state index contributed by atoms with van der Waals surface area (Å²) in [6.07, 6.45) is -4.38. The first-order valence-corrected chi connectivity index (χ1v) is 8.95. The number of hydrogen-bond donors (Lipinski definition) is 0. The molecule has 2 rings (SSSR count). The third-order valence-corrected chi connectivity index (χ3v) is 4.13. The largest absolute Gasteiger partial charge is 0.462 e. The van der Waals surface area contributed by atoms with Crippen LogP contribution in [0.5, 0.6) is 0 Å². The van der Waals surface area contributed by atoms with Crippen LogP contribution in [0.4, 0.5) is 17.6 Å². The van der Waals surface area contributed by atoms with E-state index < -0.39 is 53.1 Å². The summed E-state index contributed by atoms with van der Waals surface area (Å²) in [6.45, 7) is 3.11. The van der Waals surface area contributed by atoms with Crippen LogP contribution in [-0.2, 0) is 22.2 Å². The molecular weight excluding hydrogens is 410 g/mol. The molecule has 0 unspecified atom stereocenters. The SMILES string of the molecule is CCOC(=O)c1cn(CC(=O)c2ccc(C)c(F)c2)c(C(=O)OCC)c1C(F)(F)F. The fraction of sp³-hybridized carbons (Fsp3) is 0.350. The molecule has 0 bridgehead atoms. The van der Waals surface area contributed by atoms with Crippen molar-refractivity contribution in [3.8, 4) is 0 Å². The average Bonchev–Trinajstić information content (AvgIpc) is 3.04. The zero-order valence-corrected chi connectivity index (χ0v) is 16.4. The Kier molecular flexibility index (Phi) is 7.01. The number of carbonyl (C=O) groups excluding carboxylic acids is 3. The molecule has 30 heavy (non-hydrogen) atoms. The number of aromatic nitrogens is 1. The quantitative estimate of drug-likeness (QED) is 0.375. The lowest BCUT2D eigenvalue weighted by molar-refractivity contribution is -0.138. The van der Waals surface area contributed by atoms with Gasteiger partial charge in [0.05, 0.1) is 25.3 Å². The minimum absolute atomic E-state index is 0.104. The number of hydrogen-bond acceptors (Lipinski definition) is 5. The molecule has 0 aliphatic heterocycles. The molecule has 0 aliphatic rings. The minimum atomic E-state index is -5.10. The molecule has 0 saturated heterocycles. The molecule has 0 N–H and O–H groups in total. The summed E-state index contributed by atoms with van der Waals surface area (Å²) in [4.78, 5) is 36.9. The van der Waals surface area contributed by atoms with E-state index in [1.165, 1.54) is 32.9 Å². The van der Waals surface area contributed by atoms with Gasteiger partial charge >= 0.3 is 18.1 Å². The molecule has 0 atom stereocenters. The van der Waals surface area contributed by atoms with Crippen LogP contribution in [0.25, 0.3) is 0 Å².